The van der Waals surface area contributed by atoms with E-state index in [0.717, 1.165) is 19.6 Å². The number of nitrogens with one attached hydrogen (secondary N) is 1. The quantitative estimate of drug-likeness (QED) is 0.734. The van der Waals surface area contributed by atoms with E-state index in [0.29, 0.717) is 12.1 Å². The Labute approximate surface area is 93.5 Å². The molecule has 0 aromatic heterocycles. The van der Waals surface area contributed by atoms with Gasteiger partial charge < -0.3 is 14.8 Å². The van der Waals surface area contributed by atoms with Crippen LogP contribution in [0.15, 0.2) is 0 Å². The molecule has 1 fully saturated rings. The average Bonchev–Trinajstić information content (AvgIpc) is 2.29. The van der Waals surface area contributed by atoms with Crippen molar-refractivity contribution in [1.29, 1.82) is 0 Å². The van der Waals surface area contributed by atoms with E-state index in [1.165, 1.54) is 19.3 Å². The van der Waals surface area contributed by atoms with Crippen LogP contribution in [-0.2, 0) is 9.47 Å². The number of rotatable bonds is 6. The van der Waals surface area contributed by atoms with Crippen LogP contribution in [0.5, 0.6) is 0 Å². The van der Waals surface area contributed by atoms with Gasteiger partial charge in [0.15, 0.2) is 0 Å². The lowest BCUT2D eigenvalue weighted by molar-refractivity contribution is -0.0524. The van der Waals surface area contributed by atoms with Gasteiger partial charge in [0.2, 0.25) is 0 Å². The Morgan fingerprint density at radius 3 is 2.87 bits per heavy atom. The molecule has 0 aromatic carbocycles. The first-order chi connectivity index (χ1) is 7.31. The van der Waals surface area contributed by atoms with Gasteiger partial charge in [-0.3, -0.25) is 0 Å². The van der Waals surface area contributed by atoms with Crippen LogP contribution in [0.1, 0.15) is 39.5 Å². The van der Waals surface area contributed by atoms with Gasteiger partial charge in [0.1, 0.15) is 0 Å². The highest BCUT2D eigenvalue weighted by Crippen LogP contribution is 2.13. The smallest absolute Gasteiger partial charge is 0.0958 e. The molecule has 0 spiro atoms. The van der Waals surface area contributed by atoms with Crippen molar-refractivity contribution in [3.8, 4) is 0 Å². The van der Waals surface area contributed by atoms with E-state index in [-0.39, 0.29) is 6.10 Å². The average molecular weight is 215 g/mol. The zero-order valence-corrected chi connectivity index (χ0v) is 10.3. The molecule has 1 heterocycles. The van der Waals surface area contributed by atoms with E-state index in [9.17, 15) is 0 Å². The van der Waals surface area contributed by atoms with Crippen molar-refractivity contribution in [2.75, 3.05) is 20.3 Å². The summed E-state index contributed by atoms with van der Waals surface area (Å²) in [5.41, 5.74) is 0. The normalized spacial score (nSPS) is 29.0. The number of hydrogen-bond donors (Lipinski definition) is 1. The topological polar surface area (TPSA) is 30.5 Å². The molecule has 0 aromatic rings. The SMILES string of the molecule is CCCC(CC)NC1CCOCC1OC. The summed E-state index contributed by atoms with van der Waals surface area (Å²) < 4.78 is 10.9. The van der Waals surface area contributed by atoms with Crippen LogP contribution >= 0.6 is 0 Å². The van der Waals surface area contributed by atoms with Crippen molar-refractivity contribution >= 4 is 0 Å². The standard InChI is InChI=1S/C12H25NO2/c1-4-6-10(5-2)13-11-7-8-15-9-12(11)14-3/h10-13H,4-9H2,1-3H3. The van der Waals surface area contributed by atoms with Crippen LogP contribution in [0.2, 0.25) is 0 Å². The highest BCUT2D eigenvalue weighted by atomic mass is 16.5. The Morgan fingerprint density at radius 1 is 1.47 bits per heavy atom. The second-order valence-electron chi connectivity index (χ2n) is 4.30. The predicted molar refractivity (Wildman–Crippen MR) is 62.1 cm³/mol. The van der Waals surface area contributed by atoms with E-state index >= 15 is 0 Å². The van der Waals surface area contributed by atoms with E-state index in [2.05, 4.69) is 19.2 Å². The molecule has 1 aliphatic rings. The van der Waals surface area contributed by atoms with Gasteiger partial charge in [0.25, 0.3) is 0 Å². The Morgan fingerprint density at radius 2 is 2.27 bits per heavy atom. The lowest BCUT2D eigenvalue weighted by atomic mass is 10.0. The fourth-order valence-electron chi connectivity index (χ4n) is 2.19. The summed E-state index contributed by atoms with van der Waals surface area (Å²) in [6.45, 7) is 6.08. The summed E-state index contributed by atoms with van der Waals surface area (Å²) in [5, 5.41) is 3.70. The molecule has 1 rings (SSSR count). The zero-order chi connectivity index (χ0) is 11.1. The third-order valence-corrected chi connectivity index (χ3v) is 3.19. The molecule has 1 aliphatic heterocycles. The lowest BCUT2D eigenvalue weighted by Gasteiger charge is -2.34. The first-order valence-corrected chi connectivity index (χ1v) is 6.18. The predicted octanol–water partition coefficient (Wildman–Crippen LogP) is 1.96. The molecule has 0 amide bonds. The molecule has 0 bridgehead atoms. The highest BCUT2D eigenvalue weighted by molar-refractivity contribution is 4.83. The van der Waals surface area contributed by atoms with Crippen LogP contribution in [0.25, 0.3) is 0 Å². The fourth-order valence-corrected chi connectivity index (χ4v) is 2.19. The maximum atomic E-state index is 5.44. The monoisotopic (exact) mass is 215 g/mol. The summed E-state index contributed by atoms with van der Waals surface area (Å²) >= 11 is 0. The minimum Gasteiger partial charge on any atom is -0.379 e. The van der Waals surface area contributed by atoms with Crippen LogP contribution in [-0.4, -0.2) is 38.5 Å². The first-order valence-electron chi connectivity index (χ1n) is 6.18. The summed E-state index contributed by atoms with van der Waals surface area (Å²) in [4.78, 5) is 0. The van der Waals surface area contributed by atoms with E-state index < -0.39 is 0 Å². The van der Waals surface area contributed by atoms with Gasteiger partial charge in [-0.1, -0.05) is 20.3 Å². The Hall–Kier alpha value is -0.120. The molecule has 3 atom stereocenters. The summed E-state index contributed by atoms with van der Waals surface area (Å²) in [6, 6.07) is 1.11. The largest absolute Gasteiger partial charge is 0.379 e. The van der Waals surface area contributed by atoms with Crippen molar-refractivity contribution in [1.82, 2.24) is 5.32 Å². The van der Waals surface area contributed by atoms with Gasteiger partial charge in [-0.25, -0.2) is 0 Å². The van der Waals surface area contributed by atoms with Crippen molar-refractivity contribution in [2.45, 2.75) is 57.7 Å². The third-order valence-electron chi connectivity index (χ3n) is 3.19. The van der Waals surface area contributed by atoms with E-state index in [4.69, 9.17) is 9.47 Å². The summed E-state index contributed by atoms with van der Waals surface area (Å²) in [7, 11) is 1.77. The number of hydrogen-bond acceptors (Lipinski definition) is 3. The van der Waals surface area contributed by atoms with Crippen LogP contribution in [0.4, 0.5) is 0 Å². The van der Waals surface area contributed by atoms with Gasteiger partial charge in [-0.05, 0) is 19.3 Å². The third kappa shape index (κ3) is 4.09. The summed E-state index contributed by atoms with van der Waals surface area (Å²) in [6.07, 6.45) is 4.99. The Bertz CT molecular complexity index is 164. The molecule has 15 heavy (non-hydrogen) atoms. The molecular formula is C12H25NO2. The van der Waals surface area contributed by atoms with Crippen molar-refractivity contribution in [3.05, 3.63) is 0 Å². The van der Waals surface area contributed by atoms with Crippen molar-refractivity contribution in [3.63, 3.8) is 0 Å². The lowest BCUT2D eigenvalue weighted by Crippen LogP contribution is -2.50. The number of methoxy groups -OCH3 is 1. The van der Waals surface area contributed by atoms with Gasteiger partial charge in [0.05, 0.1) is 12.7 Å². The molecule has 3 nitrogen and oxygen atoms in total. The minimum absolute atomic E-state index is 0.227. The molecule has 3 unspecified atom stereocenters. The maximum absolute atomic E-state index is 5.44. The molecule has 0 aliphatic carbocycles. The molecule has 3 heteroatoms. The molecule has 90 valence electrons. The van der Waals surface area contributed by atoms with Crippen LogP contribution in [0, 0.1) is 0 Å². The van der Waals surface area contributed by atoms with Crippen LogP contribution in [0.3, 0.4) is 0 Å². The maximum Gasteiger partial charge on any atom is 0.0958 e. The zero-order valence-electron chi connectivity index (χ0n) is 10.3. The van der Waals surface area contributed by atoms with Crippen molar-refractivity contribution in [2.24, 2.45) is 0 Å². The molecule has 0 radical (unpaired) electrons. The molecule has 0 saturated carbocycles. The van der Waals surface area contributed by atoms with Crippen LogP contribution < -0.4 is 5.32 Å². The Balaban J connectivity index is 2.38. The fraction of sp³-hybridized carbons (Fsp3) is 1.00. The molecule has 1 saturated heterocycles. The van der Waals surface area contributed by atoms with Gasteiger partial charge in [-0.2, -0.15) is 0 Å². The van der Waals surface area contributed by atoms with E-state index in [1.54, 1.807) is 7.11 Å². The second-order valence-corrected chi connectivity index (χ2v) is 4.30. The van der Waals surface area contributed by atoms with Crippen molar-refractivity contribution < 1.29 is 9.47 Å². The Kier molecular flexibility index (Phi) is 6.22. The van der Waals surface area contributed by atoms with E-state index in [1.807, 2.05) is 0 Å². The number of ether oxygens (including phenoxy) is 2. The molecule has 1 N–H and O–H groups in total. The second kappa shape index (κ2) is 7.20. The van der Waals surface area contributed by atoms with Gasteiger partial charge in [0, 0.05) is 25.8 Å². The highest BCUT2D eigenvalue weighted by Gasteiger charge is 2.26. The molecular weight excluding hydrogens is 190 g/mol. The first kappa shape index (κ1) is 12.9. The van der Waals surface area contributed by atoms with Gasteiger partial charge >= 0.3 is 0 Å². The minimum atomic E-state index is 0.227. The summed E-state index contributed by atoms with van der Waals surface area (Å²) in [5.74, 6) is 0. The van der Waals surface area contributed by atoms with Gasteiger partial charge in [-0.15, -0.1) is 0 Å².